The maximum absolute atomic E-state index is 13.6. The van der Waals surface area contributed by atoms with Crippen LogP contribution < -0.4 is 71.9 Å². The molecule has 3 fully saturated rings. The fourth-order valence-corrected chi connectivity index (χ4v) is 10.2. The number of aliphatic carboxylic acids is 1. The van der Waals surface area contributed by atoms with E-state index in [0.717, 1.165) is 20.8 Å². The Morgan fingerprint density at radius 3 is 0.941 bits per heavy atom. The summed E-state index contributed by atoms with van der Waals surface area (Å²) >= 11 is 0. The van der Waals surface area contributed by atoms with Crippen molar-refractivity contribution in [2.45, 2.75) is 163 Å². The second-order valence-corrected chi connectivity index (χ2v) is 23.2. The summed E-state index contributed by atoms with van der Waals surface area (Å²) in [5.41, 5.74) is 0. The molecule has 0 saturated carbocycles. The number of carboxylic acids is 1. The van der Waals surface area contributed by atoms with Crippen LogP contribution >= 0.6 is 0 Å². The molecule has 3 heterocycles. The summed E-state index contributed by atoms with van der Waals surface area (Å²) < 4.78 is 64.5. The first kappa shape index (κ1) is 92.0. The van der Waals surface area contributed by atoms with Gasteiger partial charge in [-0.2, -0.15) is 0 Å². The number of unbranched alkanes of at least 4 members (excludes halogenated alkanes) is 2. The normalized spacial score (nSPS) is 25.4. The predicted molar refractivity (Wildman–Crippen MR) is 331 cm³/mol. The van der Waals surface area contributed by atoms with E-state index in [1.807, 2.05) is 0 Å². The Hall–Kier alpha value is -5.07. The first-order valence-corrected chi connectivity index (χ1v) is 32.6. The zero-order valence-electron chi connectivity index (χ0n) is 57.1. The second-order valence-electron chi connectivity index (χ2n) is 23.2. The molecule has 41 heteroatoms. The van der Waals surface area contributed by atoms with Crippen LogP contribution in [0.4, 0.5) is 0 Å². The van der Waals surface area contributed by atoms with Gasteiger partial charge in [-0.15, -0.1) is 0 Å². The zero-order chi connectivity index (χ0) is 74.1. The van der Waals surface area contributed by atoms with Crippen LogP contribution in [-0.4, -0.2) is 366 Å². The van der Waals surface area contributed by atoms with E-state index in [4.69, 9.17) is 56.8 Å². The van der Waals surface area contributed by atoms with Crippen LogP contribution in [0.5, 0.6) is 0 Å². The predicted octanol–water partition coefficient (Wildman–Crippen LogP) is -14.9. The Kier molecular flexibility index (Phi) is 47.4. The smallest absolute Gasteiger partial charge is 0.548 e. The number of amides is 7. The van der Waals surface area contributed by atoms with Gasteiger partial charge in [0, 0.05) is 33.9 Å². The van der Waals surface area contributed by atoms with Crippen LogP contribution in [0, 0.1) is 0 Å². The third-order valence-electron chi connectivity index (χ3n) is 15.2. The fourth-order valence-electron chi connectivity index (χ4n) is 10.2. The maximum Gasteiger partial charge on any atom is 1.00 e. The van der Waals surface area contributed by atoms with Gasteiger partial charge in [0.05, 0.1) is 129 Å². The molecular weight excluding hydrogens is 1370 g/mol. The van der Waals surface area contributed by atoms with Crippen molar-refractivity contribution in [3.8, 4) is 0 Å². The SMILES string of the molecule is CC(=O)N[C@@H]1[C@@H](O)[C@@H](O)[C@@H](CO)O[C@H]1C(=O)COCCOCCOCC(=O)NCCCC[C@H](NC(=O)[C@H](CCCCNC(=O)COCCOCCOCC(=O)[C@@H]1O[C@H](CO)[C@H](O)[C@H](O)[C@H]1NC(C)=O)NC(=O)COCCOCCOCC(=O)[C@@H]1O[C@H](CO)[C@H](O)[C@H](O)[C@H]1NC(C)=O)C(=O)[O-].[Na+]. The van der Waals surface area contributed by atoms with Gasteiger partial charge >= 0.3 is 29.6 Å². The number of ketones is 3. The van der Waals surface area contributed by atoms with Crippen LogP contribution in [0.25, 0.3) is 0 Å². The fraction of sp³-hybridized carbons (Fsp3) is 0.817. The van der Waals surface area contributed by atoms with Crippen molar-refractivity contribution in [2.24, 2.45) is 0 Å². The van der Waals surface area contributed by atoms with Crippen LogP contribution in [0.1, 0.15) is 59.3 Å². The minimum atomic E-state index is -1.63. The van der Waals surface area contributed by atoms with Crippen molar-refractivity contribution in [3.63, 3.8) is 0 Å². The van der Waals surface area contributed by atoms with Gasteiger partial charge in [-0.3, -0.25) is 47.9 Å². The summed E-state index contributed by atoms with van der Waals surface area (Å²) in [5.74, 6) is -8.12. The Morgan fingerprint density at radius 1 is 0.376 bits per heavy atom. The molecule has 0 aromatic rings. The number of carbonyl (C=O) groups is 11. The number of aliphatic hydroxyl groups excluding tert-OH is 9. The van der Waals surface area contributed by atoms with E-state index in [1.165, 1.54) is 0 Å². The Labute approximate surface area is 604 Å². The van der Waals surface area contributed by atoms with E-state index < -0.39 is 214 Å². The molecule has 17 atom stereocenters. The van der Waals surface area contributed by atoms with Crippen molar-refractivity contribution in [1.29, 1.82) is 0 Å². The van der Waals surface area contributed by atoms with E-state index in [2.05, 4.69) is 37.2 Å². The molecule has 3 aliphatic rings. The number of Topliss-reactive ketones (excluding diaryl/α,β-unsaturated/α-hetero) is 3. The molecule has 0 aromatic heterocycles. The van der Waals surface area contributed by atoms with Crippen LogP contribution in [0.2, 0.25) is 0 Å². The number of hydrogen-bond donors (Lipinski definition) is 16. The minimum absolute atomic E-state index is 0. The maximum atomic E-state index is 13.6. The number of rotatable bonds is 53. The standard InChI is InChI=1S/C60H101N7O33.Na/c1-33(71)63-47-53(83)50(80)41(24-68)98-56(47)38(74)27-92-18-12-89-15-21-95-30-44(77)61-10-6-4-8-36(66-46(79)32-97-23-17-91-14-20-94-29-40(76)58-49(65-35(3)73)55(85)52(82)43(26-70)100-58)59(86)67-37(60(87)88)9-5-7-11-62-45(78)31-96-22-16-90-13-19-93-28-39(75)57-48(64-34(2)72)54(84)51(81)42(25-69)99-57;/h36-37,41-43,47-58,68-70,80-85H,4-32H2,1-3H3,(H,61,77)(H,62,78)(H,63,71)(H,64,72)(H,65,73)(H,66,79)(H,67,86)(H,87,88);/q;+1/p-1/t36-,37-,41+,42+,43+,47+,48+,49+,50-,51-,52-,53+,54+,55+,56-,57-,58-;/m0./s1. The Morgan fingerprint density at radius 2 is 0.653 bits per heavy atom. The summed E-state index contributed by atoms with van der Waals surface area (Å²) in [7, 11) is 0. The molecule has 7 amide bonds. The first-order valence-electron chi connectivity index (χ1n) is 32.6. The molecule has 574 valence electrons. The minimum Gasteiger partial charge on any atom is -0.548 e. The van der Waals surface area contributed by atoms with Gasteiger partial charge in [-0.25, -0.2) is 0 Å². The molecule has 3 aliphatic heterocycles. The molecule has 0 aromatic carbocycles. The number of hydrogen-bond acceptors (Lipinski definition) is 33. The van der Waals surface area contributed by atoms with E-state index in [1.54, 1.807) is 0 Å². The van der Waals surface area contributed by atoms with Crippen molar-refractivity contribution in [1.82, 2.24) is 37.2 Å². The molecule has 0 radical (unpaired) electrons. The average molecular weight is 1470 g/mol. The zero-order valence-corrected chi connectivity index (χ0v) is 59.1. The number of ether oxygens (including phenoxy) is 12. The third kappa shape index (κ3) is 35.1. The monoisotopic (exact) mass is 1470 g/mol. The second kappa shape index (κ2) is 52.0. The molecule has 101 heavy (non-hydrogen) atoms. The molecule has 0 unspecified atom stereocenters. The third-order valence-corrected chi connectivity index (χ3v) is 15.2. The van der Waals surface area contributed by atoms with Gasteiger partial charge in [0.2, 0.25) is 41.4 Å². The summed E-state index contributed by atoms with van der Waals surface area (Å²) in [4.78, 5) is 137. The molecule has 0 aliphatic carbocycles. The Bertz CT molecular complexity index is 2520. The van der Waals surface area contributed by atoms with Crippen LogP contribution in [0.3, 0.4) is 0 Å². The van der Waals surface area contributed by atoms with E-state index in [0.29, 0.717) is 0 Å². The Balaban J connectivity index is 0.0000347. The molecule has 0 spiro atoms. The molecule has 16 N–H and O–H groups in total. The molecule has 0 bridgehead atoms. The van der Waals surface area contributed by atoms with Crippen molar-refractivity contribution >= 4 is 64.7 Å². The largest absolute Gasteiger partial charge is 1.00 e. The molecule has 3 rings (SSSR count). The van der Waals surface area contributed by atoms with E-state index >= 15 is 0 Å². The van der Waals surface area contributed by atoms with Gasteiger partial charge in [0.25, 0.3) is 0 Å². The quantitative estimate of drug-likeness (QED) is 0.0199. The number of carboxylic acid groups (broad SMARTS) is 1. The van der Waals surface area contributed by atoms with Gasteiger partial charge in [0.15, 0.2) is 17.3 Å². The van der Waals surface area contributed by atoms with Crippen molar-refractivity contribution < 1.29 is 190 Å². The van der Waals surface area contributed by atoms with Crippen LogP contribution in [-0.2, 0) is 110 Å². The van der Waals surface area contributed by atoms with Gasteiger partial charge in [0.1, 0.15) is 119 Å². The first-order chi connectivity index (χ1) is 47.8. The van der Waals surface area contributed by atoms with Gasteiger partial charge < -0.3 is 150 Å². The van der Waals surface area contributed by atoms with E-state index in [-0.39, 0.29) is 174 Å². The molecule has 3 saturated heterocycles. The molecular formula is C60H100N7NaO33. The van der Waals surface area contributed by atoms with E-state index in [9.17, 15) is 104 Å². The summed E-state index contributed by atoms with van der Waals surface area (Å²) in [6.07, 6.45) is -16.9. The van der Waals surface area contributed by atoms with Crippen LogP contribution in [0.15, 0.2) is 0 Å². The number of aliphatic hydroxyl groups is 9. The summed E-state index contributed by atoms with van der Waals surface area (Å²) in [5, 5.41) is 120. The number of nitrogens with one attached hydrogen (secondary N) is 7. The average Bonchev–Trinajstić information content (AvgIpc) is 0.814. The summed E-state index contributed by atoms with van der Waals surface area (Å²) in [6.45, 7) is -1.79. The topological polar surface area (TPSA) is 588 Å². The van der Waals surface area contributed by atoms with Crippen molar-refractivity contribution in [3.05, 3.63) is 0 Å². The van der Waals surface area contributed by atoms with Gasteiger partial charge in [-0.05, 0) is 38.5 Å². The van der Waals surface area contributed by atoms with Crippen molar-refractivity contribution in [2.75, 3.05) is 152 Å². The molecule has 40 nitrogen and oxygen atoms in total. The number of carbonyl (C=O) groups excluding carboxylic acids is 11. The summed E-state index contributed by atoms with van der Waals surface area (Å²) in [6, 6.07) is -6.73. The van der Waals surface area contributed by atoms with Gasteiger partial charge in [-0.1, -0.05) is 0 Å².